The van der Waals surface area contributed by atoms with Gasteiger partial charge in [-0.25, -0.2) is 9.78 Å². The third kappa shape index (κ3) is 6.85. The minimum atomic E-state index is -0.307. The van der Waals surface area contributed by atoms with E-state index in [9.17, 15) is 4.79 Å². The fourth-order valence-corrected chi connectivity index (χ4v) is 5.09. The lowest BCUT2D eigenvalue weighted by Gasteiger charge is -2.31. The SMILES string of the molecule is CCCCN(Cc1ccc(C(=O)OC)cc1)[C@@H](C)c1c(-c2ccccc2)nc(-c2ccccc2)n1CCCC. The molecule has 0 N–H and O–H groups in total. The van der Waals surface area contributed by atoms with E-state index in [0.29, 0.717) is 5.56 Å². The summed E-state index contributed by atoms with van der Waals surface area (Å²) in [7, 11) is 1.42. The second-order valence-corrected chi connectivity index (χ2v) is 10.1. The molecule has 39 heavy (non-hydrogen) atoms. The average molecular weight is 524 g/mol. The van der Waals surface area contributed by atoms with Gasteiger partial charge in [0, 0.05) is 30.3 Å². The Labute approximate surface area is 233 Å². The third-order valence-electron chi connectivity index (χ3n) is 7.32. The minimum Gasteiger partial charge on any atom is -0.465 e. The predicted molar refractivity (Wildman–Crippen MR) is 160 cm³/mol. The van der Waals surface area contributed by atoms with Crippen LogP contribution in [0.25, 0.3) is 22.6 Å². The number of unbranched alkanes of at least 4 members (excludes halogenated alkanes) is 2. The number of hydrogen-bond acceptors (Lipinski definition) is 4. The van der Waals surface area contributed by atoms with Crippen molar-refractivity contribution in [1.29, 1.82) is 0 Å². The molecule has 0 amide bonds. The summed E-state index contributed by atoms with van der Waals surface area (Å²) in [6.07, 6.45) is 4.45. The number of aromatic nitrogens is 2. The van der Waals surface area contributed by atoms with Crippen LogP contribution in [0.15, 0.2) is 84.9 Å². The molecule has 1 atom stereocenters. The number of esters is 1. The normalized spacial score (nSPS) is 12.0. The van der Waals surface area contributed by atoms with Gasteiger partial charge in [0.05, 0.1) is 24.1 Å². The van der Waals surface area contributed by atoms with Gasteiger partial charge in [-0.05, 0) is 44.0 Å². The largest absolute Gasteiger partial charge is 0.465 e. The Kier molecular flexibility index (Phi) is 10.1. The molecule has 0 aliphatic rings. The Morgan fingerprint density at radius 3 is 2.08 bits per heavy atom. The summed E-state index contributed by atoms with van der Waals surface area (Å²) in [5, 5.41) is 0. The molecular formula is C34H41N3O2. The van der Waals surface area contributed by atoms with Crippen molar-refractivity contribution in [2.45, 2.75) is 65.6 Å². The third-order valence-corrected chi connectivity index (χ3v) is 7.32. The maximum atomic E-state index is 12.0. The van der Waals surface area contributed by atoms with Crippen molar-refractivity contribution < 1.29 is 9.53 Å². The van der Waals surface area contributed by atoms with E-state index in [4.69, 9.17) is 9.72 Å². The lowest BCUT2D eigenvalue weighted by molar-refractivity contribution is 0.0600. The number of rotatable bonds is 13. The quantitative estimate of drug-likeness (QED) is 0.166. The van der Waals surface area contributed by atoms with E-state index in [1.165, 1.54) is 18.4 Å². The van der Waals surface area contributed by atoms with Crippen LogP contribution >= 0.6 is 0 Å². The molecule has 204 valence electrons. The number of ether oxygens (including phenoxy) is 1. The van der Waals surface area contributed by atoms with Crippen LogP contribution in [-0.4, -0.2) is 34.1 Å². The minimum absolute atomic E-state index is 0.133. The van der Waals surface area contributed by atoms with Crippen LogP contribution in [0.3, 0.4) is 0 Å². The molecule has 5 nitrogen and oxygen atoms in total. The molecule has 0 bridgehead atoms. The Balaban J connectivity index is 1.80. The van der Waals surface area contributed by atoms with Crippen molar-refractivity contribution in [3.05, 3.63) is 102 Å². The molecule has 0 spiro atoms. The number of carbonyl (C=O) groups excluding carboxylic acids is 1. The first kappa shape index (κ1) is 28.3. The molecule has 0 aliphatic heterocycles. The maximum Gasteiger partial charge on any atom is 0.337 e. The van der Waals surface area contributed by atoms with Crippen molar-refractivity contribution in [2.24, 2.45) is 0 Å². The molecule has 0 unspecified atom stereocenters. The van der Waals surface area contributed by atoms with Gasteiger partial charge < -0.3 is 9.30 Å². The van der Waals surface area contributed by atoms with Gasteiger partial charge in [-0.1, -0.05) is 99.5 Å². The molecule has 0 radical (unpaired) electrons. The van der Waals surface area contributed by atoms with Gasteiger partial charge >= 0.3 is 5.97 Å². The van der Waals surface area contributed by atoms with E-state index in [1.807, 2.05) is 24.3 Å². The Bertz CT molecular complexity index is 1310. The van der Waals surface area contributed by atoms with Crippen molar-refractivity contribution >= 4 is 5.97 Å². The summed E-state index contributed by atoms with van der Waals surface area (Å²) in [5.41, 5.74) is 6.35. The smallest absolute Gasteiger partial charge is 0.337 e. The Morgan fingerprint density at radius 2 is 1.49 bits per heavy atom. The van der Waals surface area contributed by atoms with Crippen molar-refractivity contribution in [2.75, 3.05) is 13.7 Å². The van der Waals surface area contributed by atoms with Gasteiger partial charge in [0.15, 0.2) is 0 Å². The zero-order chi connectivity index (χ0) is 27.6. The summed E-state index contributed by atoms with van der Waals surface area (Å²) in [4.78, 5) is 19.8. The molecule has 4 aromatic rings. The number of methoxy groups -OCH3 is 1. The highest BCUT2D eigenvalue weighted by Crippen LogP contribution is 2.36. The zero-order valence-corrected chi connectivity index (χ0v) is 23.8. The Hall–Kier alpha value is -3.70. The second-order valence-electron chi connectivity index (χ2n) is 10.1. The molecule has 5 heteroatoms. The van der Waals surface area contributed by atoms with Gasteiger partial charge in [-0.2, -0.15) is 0 Å². The average Bonchev–Trinajstić information content (AvgIpc) is 3.38. The molecule has 0 saturated carbocycles. The first-order valence-corrected chi connectivity index (χ1v) is 14.2. The van der Waals surface area contributed by atoms with Crippen LogP contribution in [0, 0.1) is 0 Å². The van der Waals surface area contributed by atoms with Gasteiger partial charge in [0.1, 0.15) is 5.82 Å². The van der Waals surface area contributed by atoms with Crippen molar-refractivity contribution in [3.8, 4) is 22.6 Å². The molecule has 0 aliphatic carbocycles. The van der Waals surface area contributed by atoms with Gasteiger partial charge in [0.25, 0.3) is 0 Å². The maximum absolute atomic E-state index is 12.0. The van der Waals surface area contributed by atoms with E-state index in [2.05, 4.69) is 90.9 Å². The van der Waals surface area contributed by atoms with Crippen LogP contribution in [0.1, 0.15) is 74.1 Å². The number of hydrogen-bond donors (Lipinski definition) is 0. The van der Waals surface area contributed by atoms with E-state index >= 15 is 0 Å². The summed E-state index contributed by atoms with van der Waals surface area (Å²) in [6.45, 7) is 9.49. The summed E-state index contributed by atoms with van der Waals surface area (Å²) < 4.78 is 7.35. The van der Waals surface area contributed by atoms with Crippen LogP contribution in [0.5, 0.6) is 0 Å². The summed E-state index contributed by atoms with van der Waals surface area (Å²) >= 11 is 0. The highest BCUT2D eigenvalue weighted by atomic mass is 16.5. The first-order valence-electron chi connectivity index (χ1n) is 14.2. The molecule has 1 aromatic heterocycles. The fraction of sp³-hybridized carbons (Fsp3) is 0.353. The van der Waals surface area contributed by atoms with Crippen LogP contribution in [0.4, 0.5) is 0 Å². The van der Waals surface area contributed by atoms with Crippen molar-refractivity contribution in [3.63, 3.8) is 0 Å². The van der Waals surface area contributed by atoms with Gasteiger partial charge in [-0.15, -0.1) is 0 Å². The first-order chi connectivity index (χ1) is 19.1. The fourth-order valence-electron chi connectivity index (χ4n) is 5.09. The highest BCUT2D eigenvalue weighted by molar-refractivity contribution is 5.89. The topological polar surface area (TPSA) is 47.4 Å². The van der Waals surface area contributed by atoms with Crippen LogP contribution in [-0.2, 0) is 17.8 Å². The molecule has 4 rings (SSSR count). The van der Waals surface area contributed by atoms with E-state index < -0.39 is 0 Å². The lowest BCUT2D eigenvalue weighted by Crippen LogP contribution is -2.30. The number of carbonyl (C=O) groups is 1. The van der Waals surface area contributed by atoms with Gasteiger partial charge in [-0.3, -0.25) is 4.90 Å². The molecular weight excluding hydrogens is 482 g/mol. The lowest BCUT2D eigenvalue weighted by atomic mass is 10.0. The molecule has 0 fully saturated rings. The predicted octanol–water partition coefficient (Wildman–Crippen LogP) is 8.17. The van der Waals surface area contributed by atoms with Crippen molar-refractivity contribution in [1.82, 2.24) is 14.5 Å². The van der Waals surface area contributed by atoms with Gasteiger partial charge in [0.2, 0.25) is 0 Å². The number of nitrogens with zero attached hydrogens (tertiary/aromatic N) is 3. The van der Waals surface area contributed by atoms with E-state index in [0.717, 1.165) is 68.0 Å². The molecule has 0 saturated heterocycles. The molecule has 3 aromatic carbocycles. The van der Waals surface area contributed by atoms with E-state index in [1.54, 1.807) is 0 Å². The van der Waals surface area contributed by atoms with Crippen LogP contribution in [0.2, 0.25) is 0 Å². The van der Waals surface area contributed by atoms with Crippen LogP contribution < -0.4 is 0 Å². The monoisotopic (exact) mass is 523 g/mol. The number of imidazole rings is 1. The Morgan fingerprint density at radius 1 is 0.872 bits per heavy atom. The highest BCUT2D eigenvalue weighted by Gasteiger charge is 2.27. The summed E-state index contributed by atoms with van der Waals surface area (Å²) in [5.74, 6) is 0.723. The second kappa shape index (κ2) is 13.9. The zero-order valence-electron chi connectivity index (χ0n) is 23.8. The van der Waals surface area contributed by atoms with E-state index in [-0.39, 0.29) is 12.0 Å². The molecule has 1 heterocycles. The summed E-state index contributed by atoms with van der Waals surface area (Å²) in [6, 6.07) is 29.1. The standard InChI is InChI=1S/C34H41N3O2/c1-5-7-23-36(25-27-19-21-30(22-20-27)34(38)39-4)26(3)32-31(28-15-11-9-12-16-28)35-33(37(32)24-8-6-2)29-17-13-10-14-18-29/h9-22,26H,5-8,23-25H2,1-4H3/t26-/m0/s1. The number of benzene rings is 3.